The number of carbonyl (C=O) groups excluding carboxylic acids is 1. The van der Waals surface area contributed by atoms with E-state index in [9.17, 15) is 14.9 Å². The molecule has 0 aliphatic rings. The maximum atomic E-state index is 11.7. The Morgan fingerprint density at radius 2 is 2.05 bits per heavy atom. The van der Waals surface area contributed by atoms with Crippen molar-refractivity contribution in [2.75, 3.05) is 6.54 Å². The Hall–Kier alpha value is -2.80. The summed E-state index contributed by atoms with van der Waals surface area (Å²) < 4.78 is 5.00. The molecule has 0 aromatic heterocycles. The highest BCUT2D eigenvalue weighted by Crippen LogP contribution is 2.17. The Labute approximate surface area is 128 Å². The Balaban J connectivity index is 0.00000441. The van der Waals surface area contributed by atoms with Crippen LogP contribution < -0.4 is 10.1 Å². The Morgan fingerprint density at radius 3 is 2.50 bits per heavy atom. The number of benzene rings is 1. The van der Waals surface area contributed by atoms with Crippen LogP contribution in [0.4, 0.5) is 10.5 Å². The Kier molecular flexibility index (Phi) is 8.02. The zero-order valence-electron chi connectivity index (χ0n) is 11.6. The minimum Gasteiger partial charge on any atom is -0.410 e. The Bertz CT molecular complexity index is 552. The number of nitro benzene ring substituents is 1. The molecule has 0 heterocycles. The first-order chi connectivity index (χ1) is 9.93. The van der Waals surface area contributed by atoms with Crippen molar-refractivity contribution in [3.63, 3.8) is 0 Å². The molecule has 120 valence electrons. The number of amides is 1. The number of nitrogens with zero attached hydrogens (tertiary/aromatic N) is 4. The third-order valence-corrected chi connectivity index (χ3v) is 2.71. The molecule has 0 aliphatic carbocycles. The van der Waals surface area contributed by atoms with Crippen LogP contribution in [0.5, 0.6) is 5.75 Å². The highest BCUT2D eigenvalue weighted by atomic mass is 16.6. The number of nitrogens with one attached hydrogen (secondary N) is 1. The van der Waals surface area contributed by atoms with Crippen molar-refractivity contribution in [1.29, 1.82) is 0 Å². The zero-order chi connectivity index (χ0) is 15.8. The van der Waals surface area contributed by atoms with Gasteiger partial charge in [0.25, 0.3) is 5.69 Å². The molecule has 1 atom stereocenters. The zero-order valence-corrected chi connectivity index (χ0v) is 11.6. The van der Waals surface area contributed by atoms with E-state index >= 15 is 0 Å². The molecule has 0 unspecified atom stereocenters. The summed E-state index contributed by atoms with van der Waals surface area (Å²) in [7, 11) is 0. The average Bonchev–Trinajstić information content (AvgIpc) is 2.43. The second kappa shape index (κ2) is 9.19. The van der Waals surface area contributed by atoms with Gasteiger partial charge in [0.05, 0.1) is 4.92 Å². The summed E-state index contributed by atoms with van der Waals surface area (Å²) in [6, 6.07) is 4.78. The highest BCUT2D eigenvalue weighted by molar-refractivity contribution is 5.70. The van der Waals surface area contributed by atoms with E-state index in [1.807, 2.05) is 13.8 Å². The van der Waals surface area contributed by atoms with E-state index in [0.717, 1.165) is 0 Å². The van der Waals surface area contributed by atoms with Gasteiger partial charge < -0.3 is 10.1 Å². The second-order valence-electron chi connectivity index (χ2n) is 4.55. The number of non-ortho nitro benzene ring substituents is 1. The normalized spacial score (nSPS) is 10.9. The quantitative estimate of drug-likeness (QED) is 0.282. The van der Waals surface area contributed by atoms with Crippen LogP contribution in [-0.4, -0.2) is 23.6 Å². The lowest BCUT2D eigenvalue weighted by Gasteiger charge is -2.19. The van der Waals surface area contributed by atoms with Crippen molar-refractivity contribution >= 4 is 11.8 Å². The van der Waals surface area contributed by atoms with Crippen LogP contribution in [0, 0.1) is 16.0 Å². The smallest absolute Gasteiger partial charge is 0.410 e. The van der Waals surface area contributed by atoms with Crippen LogP contribution in [0.1, 0.15) is 21.3 Å². The highest BCUT2D eigenvalue weighted by Gasteiger charge is 2.17. The van der Waals surface area contributed by atoms with Gasteiger partial charge in [0.15, 0.2) is 0 Å². The summed E-state index contributed by atoms with van der Waals surface area (Å²) in [6.45, 7) is 3.84. The van der Waals surface area contributed by atoms with Crippen LogP contribution in [0.3, 0.4) is 0 Å². The second-order valence-corrected chi connectivity index (χ2v) is 4.55. The van der Waals surface area contributed by atoms with Crippen LogP contribution >= 0.6 is 0 Å². The number of carbonyl (C=O) groups is 1. The van der Waals surface area contributed by atoms with Crippen LogP contribution in [0.15, 0.2) is 29.4 Å². The summed E-state index contributed by atoms with van der Waals surface area (Å²) in [5, 5.41) is 16.5. The van der Waals surface area contributed by atoms with Gasteiger partial charge in [-0.1, -0.05) is 26.4 Å². The number of azide groups is 1. The molecule has 1 N–H and O–H groups in total. The molecule has 0 spiro atoms. The van der Waals surface area contributed by atoms with E-state index in [4.69, 9.17) is 10.3 Å². The first-order valence-electron chi connectivity index (χ1n) is 6.17. The van der Waals surface area contributed by atoms with Gasteiger partial charge in [0.2, 0.25) is 0 Å². The van der Waals surface area contributed by atoms with E-state index in [0.29, 0.717) is 0 Å². The predicted molar refractivity (Wildman–Crippen MR) is 81.6 cm³/mol. The van der Waals surface area contributed by atoms with E-state index in [1.165, 1.54) is 24.3 Å². The van der Waals surface area contributed by atoms with Crippen molar-refractivity contribution in [2.45, 2.75) is 27.3 Å². The standard InChI is InChI=1S/C12H15N5O4.CH4/c1-8(2)11(7-14-16-13)15-12(18)21-10-5-3-9(4-6-10)17(19)20;/h3-6,8,11H,7H2,1-2H3,(H,15,18);1H4/t11-;/m1./s1. The van der Waals surface area contributed by atoms with Crippen molar-refractivity contribution in [3.05, 3.63) is 44.8 Å². The lowest BCUT2D eigenvalue weighted by molar-refractivity contribution is -0.384. The molecule has 0 bridgehead atoms. The summed E-state index contributed by atoms with van der Waals surface area (Å²) in [4.78, 5) is 24.3. The van der Waals surface area contributed by atoms with Gasteiger partial charge in [0.1, 0.15) is 5.75 Å². The maximum Gasteiger partial charge on any atom is 0.412 e. The first-order valence-corrected chi connectivity index (χ1v) is 6.17. The molecule has 0 fully saturated rings. The summed E-state index contributed by atoms with van der Waals surface area (Å²) >= 11 is 0. The molecular formula is C13H19N5O4. The van der Waals surface area contributed by atoms with Crippen LogP contribution in [-0.2, 0) is 0 Å². The van der Waals surface area contributed by atoms with Crippen molar-refractivity contribution < 1.29 is 14.5 Å². The minimum absolute atomic E-state index is 0. The molecule has 9 nitrogen and oxygen atoms in total. The lowest BCUT2D eigenvalue weighted by atomic mass is 10.1. The maximum absolute atomic E-state index is 11.7. The minimum atomic E-state index is -0.712. The number of nitro groups is 1. The van der Waals surface area contributed by atoms with E-state index in [1.54, 1.807) is 0 Å². The summed E-state index contributed by atoms with van der Waals surface area (Å²) in [5.41, 5.74) is 8.20. The number of hydrogen-bond donors (Lipinski definition) is 1. The first kappa shape index (κ1) is 19.2. The van der Waals surface area contributed by atoms with Crippen LogP contribution in [0.2, 0.25) is 0 Å². The molecule has 1 amide bonds. The van der Waals surface area contributed by atoms with E-state index in [-0.39, 0.29) is 37.4 Å². The van der Waals surface area contributed by atoms with Gasteiger partial charge in [-0.15, -0.1) is 0 Å². The predicted octanol–water partition coefficient (Wildman–Crippen LogP) is 3.65. The summed E-state index contributed by atoms with van der Waals surface area (Å²) in [5.74, 6) is 0.240. The van der Waals surface area contributed by atoms with Crippen molar-refractivity contribution in [3.8, 4) is 5.75 Å². The third kappa shape index (κ3) is 6.10. The fourth-order valence-electron chi connectivity index (χ4n) is 1.47. The molecule has 22 heavy (non-hydrogen) atoms. The molecule has 1 rings (SSSR count). The number of rotatable bonds is 6. The van der Waals surface area contributed by atoms with Gasteiger partial charge in [-0.05, 0) is 23.6 Å². The van der Waals surface area contributed by atoms with Gasteiger partial charge in [-0.2, -0.15) is 0 Å². The van der Waals surface area contributed by atoms with Gasteiger partial charge in [0, 0.05) is 29.6 Å². The SMILES string of the molecule is C.CC(C)[C@@H](CN=[N+]=[N-])NC(=O)Oc1ccc([N+](=O)[O-])cc1. The monoisotopic (exact) mass is 309 g/mol. The van der Waals surface area contributed by atoms with Crippen molar-refractivity contribution in [1.82, 2.24) is 5.32 Å². The lowest BCUT2D eigenvalue weighted by Crippen LogP contribution is -2.42. The fraction of sp³-hybridized carbons (Fsp3) is 0.462. The molecule has 1 aromatic carbocycles. The summed E-state index contributed by atoms with van der Waals surface area (Å²) in [6.07, 6.45) is -0.712. The van der Waals surface area contributed by atoms with Gasteiger partial charge >= 0.3 is 6.09 Å². The topological polar surface area (TPSA) is 130 Å². The van der Waals surface area contributed by atoms with Gasteiger partial charge in [-0.3, -0.25) is 10.1 Å². The third-order valence-electron chi connectivity index (χ3n) is 2.71. The molecular weight excluding hydrogens is 290 g/mol. The fourth-order valence-corrected chi connectivity index (χ4v) is 1.47. The van der Waals surface area contributed by atoms with E-state index in [2.05, 4.69) is 15.3 Å². The molecule has 9 heteroatoms. The number of hydrogen-bond acceptors (Lipinski definition) is 5. The van der Waals surface area contributed by atoms with Crippen LogP contribution in [0.25, 0.3) is 10.4 Å². The molecule has 0 aliphatic heterocycles. The molecule has 1 aromatic rings. The largest absolute Gasteiger partial charge is 0.412 e. The Morgan fingerprint density at radius 1 is 1.45 bits per heavy atom. The molecule has 0 radical (unpaired) electrons. The van der Waals surface area contributed by atoms with Crippen molar-refractivity contribution in [2.24, 2.45) is 11.0 Å². The van der Waals surface area contributed by atoms with Gasteiger partial charge in [-0.25, -0.2) is 4.79 Å². The van der Waals surface area contributed by atoms with E-state index < -0.39 is 11.0 Å². The molecule has 0 saturated carbocycles. The average molecular weight is 309 g/mol. The molecule has 0 saturated heterocycles. The number of ether oxygens (including phenoxy) is 1.